The third-order valence-corrected chi connectivity index (χ3v) is 3.49. The van der Waals surface area contributed by atoms with E-state index in [1.54, 1.807) is 0 Å². The first-order valence-corrected chi connectivity index (χ1v) is 6.06. The van der Waals surface area contributed by atoms with Crippen LogP contribution in [-0.2, 0) is 0 Å². The molecule has 1 atom stereocenters. The molecule has 1 nitrogen and oxygen atoms in total. The van der Waals surface area contributed by atoms with E-state index in [1.165, 1.54) is 37.7 Å². The number of hydrogen-bond donors (Lipinski definition) is 1. The Hall–Kier alpha value is -0.820. The summed E-state index contributed by atoms with van der Waals surface area (Å²) in [5.74, 6) is 0.685. The van der Waals surface area contributed by atoms with Crippen molar-refractivity contribution in [3.8, 4) is 0 Å². The van der Waals surface area contributed by atoms with Crippen LogP contribution < -0.4 is 0 Å². The minimum absolute atomic E-state index is 0.330. The summed E-state index contributed by atoms with van der Waals surface area (Å²) in [4.78, 5) is 0. The van der Waals surface area contributed by atoms with Gasteiger partial charge in [-0.3, -0.25) is 0 Å². The largest absolute Gasteiger partial charge is 0.389 e. The van der Waals surface area contributed by atoms with Crippen molar-refractivity contribution in [2.45, 2.75) is 51.0 Å². The van der Waals surface area contributed by atoms with Crippen LogP contribution in [0.15, 0.2) is 24.3 Å². The predicted octanol–water partition coefficient (Wildman–Crippen LogP) is 3.79. The highest BCUT2D eigenvalue weighted by atomic mass is 16.3. The lowest BCUT2D eigenvalue weighted by atomic mass is 9.81. The lowest BCUT2D eigenvalue weighted by molar-refractivity contribution is 0.197. The van der Waals surface area contributed by atoms with E-state index in [1.807, 2.05) is 13.0 Å². The Labute approximate surface area is 92.1 Å². The maximum atomic E-state index is 9.74. The van der Waals surface area contributed by atoms with E-state index in [-0.39, 0.29) is 6.10 Å². The molecule has 82 valence electrons. The second-order valence-electron chi connectivity index (χ2n) is 4.64. The zero-order valence-corrected chi connectivity index (χ0v) is 9.45. The van der Waals surface area contributed by atoms with E-state index < -0.39 is 0 Å². The second kappa shape index (κ2) is 4.80. The fourth-order valence-corrected chi connectivity index (χ4v) is 2.68. The molecule has 1 fully saturated rings. The first-order valence-electron chi connectivity index (χ1n) is 6.06. The van der Waals surface area contributed by atoms with Gasteiger partial charge in [-0.1, -0.05) is 43.5 Å². The summed E-state index contributed by atoms with van der Waals surface area (Å²) in [5.41, 5.74) is 2.51. The zero-order valence-electron chi connectivity index (χ0n) is 9.45. The molecule has 1 saturated carbocycles. The molecule has 1 heteroatoms. The van der Waals surface area contributed by atoms with Gasteiger partial charge in [0.2, 0.25) is 0 Å². The molecule has 0 aromatic heterocycles. The smallest absolute Gasteiger partial charge is 0.0764 e. The van der Waals surface area contributed by atoms with Gasteiger partial charge in [-0.05, 0) is 36.8 Å². The Balaban J connectivity index is 2.25. The van der Waals surface area contributed by atoms with Gasteiger partial charge >= 0.3 is 0 Å². The summed E-state index contributed by atoms with van der Waals surface area (Å²) >= 11 is 0. The van der Waals surface area contributed by atoms with Crippen LogP contribution in [-0.4, -0.2) is 5.11 Å². The van der Waals surface area contributed by atoms with E-state index in [0.29, 0.717) is 5.92 Å². The topological polar surface area (TPSA) is 20.2 Å². The summed E-state index contributed by atoms with van der Waals surface area (Å²) in [7, 11) is 0. The van der Waals surface area contributed by atoms with Gasteiger partial charge in [0.25, 0.3) is 0 Å². The molecule has 1 aromatic carbocycles. The molecule has 2 rings (SSSR count). The molecule has 0 heterocycles. The van der Waals surface area contributed by atoms with E-state index in [4.69, 9.17) is 0 Å². The van der Waals surface area contributed by atoms with Crippen LogP contribution in [0.1, 0.15) is 62.2 Å². The van der Waals surface area contributed by atoms with Crippen LogP contribution in [0.5, 0.6) is 0 Å². The third-order valence-electron chi connectivity index (χ3n) is 3.49. The number of aliphatic hydroxyl groups is 1. The van der Waals surface area contributed by atoms with Gasteiger partial charge in [-0.25, -0.2) is 0 Å². The lowest BCUT2D eigenvalue weighted by Crippen LogP contribution is -2.08. The van der Waals surface area contributed by atoms with Crippen LogP contribution >= 0.6 is 0 Å². The number of hydrogen-bond acceptors (Lipinski definition) is 1. The Kier molecular flexibility index (Phi) is 3.42. The monoisotopic (exact) mass is 204 g/mol. The molecular formula is C14H20O. The van der Waals surface area contributed by atoms with Gasteiger partial charge in [-0.15, -0.1) is 0 Å². The Morgan fingerprint density at radius 3 is 2.47 bits per heavy atom. The van der Waals surface area contributed by atoms with Crippen molar-refractivity contribution in [2.24, 2.45) is 0 Å². The molecule has 0 spiro atoms. The molecule has 0 amide bonds. The normalized spacial score (nSPS) is 20.1. The molecule has 0 bridgehead atoms. The molecular weight excluding hydrogens is 184 g/mol. The number of rotatable bonds is 2. The highest BCUT2D eigenvalue weighted by Gasteiger charge is 2.19. The average Bonchev–Trinajstić information content (AvgIpc) is 2.30. The Morgan fingerprint density at radius 2 is 1.80 bits per heavy atom. The first kappa shape index (κ1) is 10.7. The van der Waals surface area contributed by atoms with Gasteiger partial charge in [0.1, 0.15) is 0 Å². The van der Waals surface area contributed by atoms with Crippen LogP contribution in [0.25, 0.3) is 0 Å². The molecule has 15 heavy (non-hydrogen) atoms. The quantitative estimate of drug-likeness (QED) is 0.777. The summed E-state index contributed by atoms with van der Waals surface area (Å²) in [6.07, 6.45) is 6.33. The van der Waals surface area contributed by atoms with Crippen LogP contribution in [0, 0.1) is 0 Å². The molecule has 0 aliphatic heterocycles. The van der Waals surface area contributed by atoms with E-state index >= 15 is 0 Å². The molecule has 1 unspecified atom stereocenters. The van der Waals surface area contributed by atoms with Gasteiger partial charge < -0.3 is 5.11 Å². The first-order chi connectivity index (χ1) is 7.29. The second-order valence-corrected chi connectivity index (χ2v) is 4.64. The predicted molar refractivity (Wildman–Crippen MR) is 62.9 cm³/mol. The summed E-state index contributed by atoms with van der Waals surface area (Å²) in [5, 5.41) is 9.74. The number of benzene rings is 1. The molecule has 0 radical (unpaired) electrons. The molecule has 0 saturated heterocycles. The highest BCUT2D eigenvalue weighted by Crippen LogP contribution is 2.35. The maximum Gasteiger partial charge on any atom is 0.0764 e. The fraction of sp³-hybridized carbons (Fsp3) is 0.571. The summed E-state index contributed by atoms with van der Waals surface area (Å²) in [6.45, 7) is 1.86. The average molecular weight is 204 g/mol. The minimum atomic E-state index is -0.330. The van der Waals surface area contributed by atoms with Crippen molar-refractivity contribution in [3.05, 3.63) is 35.4 Å². The van der Waals surface area contributed by atoms with Crippen molar-refractivity contribution in [3.63, 3.8) is 0 Å². The van der Waals surface area contributed by atoms with Crippen molar-refractivity contribution >= 4 is 0 Å². The van der Waals surface area contributed by atoms with Crippen molar-refractivity contribution in [1.82, 2.24) is 0 Å². The molecule has 1 aromatic rings. The fourth-order valence-electron chi connectivity index (χ4n) is 2.68. The van der Waals surface area contributed by atoms with Crippen LogP contribution in [0.2, 0.25) is 0 Å². The lowest BCUT2D eigenvalue weighted by Gasteiger charge is -2.25. The Bertz CT molecular complexity index is 311. The van der Waals surface area contributed by atoms with Gasteiger partial charge in [-0.2, -0.15) is 0 Å². The summed E-state index contributed by atoms with van der Waals surface area (Å²) in [6, 6.07) is 8.37. The summed E-state index contributed by atoms with van der Waals surface area (Å²) < 4.78 is 0. The van der Waals surface area contributed by atoms with Crippen molar-refractivity contribution in [2.75, 3.05) is 0 Å². The van der Waals surface area contributed by atoms with Crippen molar-refractivity contribution < 1.29 is 5.11 Å². The van der Waals surface area contributed by atoms with Crippen LogP contribution in [0.4, 0.5) is 0 Å². The standard InChI is InChI=1S/C14H20O/c1-11(15)13-9-5-6-10-14(13)12-7-3-2-4-8-12/h5-6,9-12,15H,2-4,7-8H2,1H3. The highest BCUT2D eigenvalue weighted by molar-refractivity contribution is 5.32. The number of aliphatic hydroxyl groups excluding tert-OH is 1. The van der Waals surface area contributed by atoms with Gasteiger partial charge in [0.05, 0.1) is 6.10 Å². The minimum Gasteiger partial charge on any atom is -0.389 e. The molecule has 1 aliphatic carbocycles. The molecule has 1 N–H and O–H groups in total. The van der Waals surface area contributed by atoms with Gasteiger partial charge in [0.15, 0.2) is 0 Å². The van der Waals surface area contributed by atoms with E-state index in [0.717, 1.165) is 5.56 Å². The molecule has 1 aliphatic rings. The third kappa shape index (κ3) is 2.40. The van der Waals surface area contributed by atoms with Crippen molar-refractivity contribution in [1.29, 1.82) is 0 Å². The SMILES string of the molecule is CC(O)c1ccccc1C1CCCCC1. The van der Waals surface area contributed by atoms with E-state index in [9.17, 15) is 5.11 Å². The Morgan fingerprint density at radius 1 is 1.13 bits per heavy atom. The van der Waals surface area contributed by atoms with Gasteiger partial charge in [0, 0.05) is 0 Å². The maximum absolute atomic E-state index is 9.74. The zero-order chi connectivity index (χ0) is 10.7. The van der Waals surface area contributed by atoms with E-state index in [2.05, 4.69) is 18.2 Å². The van der Waals surface area contributed by atoms with Crippen LogP contribution in [0.3, 0.4) is 0 Å².